The minimum atomic E-state index is -0.137. The number of carbonyl (C=O) groups is 1. The Labute approximate surface area is 132 Å². The number of hydrogen-bond acceptors (Lipinski definition) is 3. The Hall–Kier alpha value is -1.65. The molecule has 0 unspecified atom stereocenters. The van der Waals surface area contributed by atoms with Crippen LogP contribution in [0.2, 0.25) is 0 Å². The van der Waals surface area contributed by atoms with Crippen molar-refractivity contribution in [1.82, 2.24) is 14.7 Å². The maximum Gasteiger partial charge on any atom is 0.274 e. The molecule has 1 fully saturated rings. The molecule has 5 heteroatoms. The number of unbranched alkanes of at least 4 members (excludes halogenated alkanes) is 1. The van der Waals surface area contributed by atoms with Crippen LogP contribution < -0.4 is 5.56 Å². The summed E-state index contributed by atoms with van der Waals surface area (Å²) in [5, 5.41) is 4.26. The van der Waals surface area contributed by atoms with Crippen molar-refractivity contribution >= 4 is 5.91 Å². The molecule has 0 saturated heterocycles. The quantitative estimate of drug-likeness (QED) is 0.786. The Kier molecular flexibility index (Phi) is 6.16. The first-order valence-electron chi connectivity index (χ1n) is 8.48. The minimum absolute atomic E-state index is 0.0721. The second-order valence-corrected chi connectivity index (χ2v) is 6.19. The molecule has 0 radical (unpaired) electrons. The van der Waals surface area contributed by atoms with Gasteiger partial charge in [0.25, 0.3) is 11.5 Å². The van der Waals surface area contributed by atoms with E-state index < -0.39 is 0 Å². The number of hydrogen-bond donors (Lipinski definition) is 0. The first kappa shape index (κ1) is 16.7. The average molecular weight is 305 g/mol. The third-order valence-electron chi connectivity index (χ3n) is 4.50. The SMILES string of the molecule is CCCCn1nc(C(=O)N(C)C2CCCCCC2)ccc1=O. The highest BCUT2D eigenvalue weighted by molar-refractivity contribution is 5.92. The second kappa shape index (κ2) is 8.11. The molecular weight excluding hydrogens is 278 g/mol. The summed E-state index contributed by atoms with van der Waals surface area (Å²) in [5.41, 5.74) is 0.240. The average Bonchev–Trinajstić information content (AvgIpc) is 2.82. The van der Waals surface area contributed by atoms with Gasteiger partial charge in [0.05, 0.1) is 0 Å². The summed E-state index contributed by atoms with van der Waals surface area (Å²) in [6, 6.07) is 3.31. The topological polar surface area (TPSA) is 55.2 Å². The van der Waals surface area contributed by atoms with Gasteiger partial charge in [-0.25, -0.2) is 4.68 Å². The zero-order valence-corrected chi connectivity index (χ0v) is 13.8. The molecule has 0 aliphatic heterocycles. The summed E-state index contributed by atoms with van der Waals surface area (Å²) < 4.78 is 1.41. The molecule has 1 aliphatic rings. The molecule has 0 spiro atoms. The van der Waals surface area contributed by atoms with Gasteiger partial charge in [-0.15, -0.1) is 0 Å². The van der Waals surface area contributed by atoms with Crippen molar-refractivity contribution in [3.05, 3.63) is 28.2 Å². The normalized spacial score (nSPS) is 16.3. The van der Waals surface area contributed by atoms with Crippen molar-refractivity contribution in [2.24, 2.45) is 0 Å². The predicted octanol–water partition coefficient (Wildman–Crippen LogP) is 2.84. The highest BCUT2D eigenvalue weighted by atomic mass is 16.2. The van der Waals surface area contributed by atoms with Crippen molar-refractivity contribution in [3.63, 3.8) is 0 Å². The lowest BCUT2D eigenvalue weighted by Crippen LogP contribution is -2.38. The Morgan fingerprint density at radius 2 is 1.95 bits per heavy atom. The van der Waals surface area contributed by atoms with E-state index in [0.717, 1.165) is 25.7 Å². The number of amides is 1. The van der Waals surface area contributed by atoms with Crippen LogP contribution in [-0.4, -0.2) is 33.7 Å². The smallest absolute Gasteiger partial charge is 0.274 e. The summed E-state index contributed by atoms with van der Waals surface area (Å²) in [6.45, 7) is 2.64. The molecule has 2 rings (SSSR count). The predicted molar refractivity (Wildman–Crippen MR) is 87.0 cm³/mol. The molecule has 5 nitrogen and oxygen atoms in total. The van der Waals surface area contributed by atoms with Gasteiger partial charge in [0.15, 0.2) is 0 Å². The van der Waals surface area contributed by atoms with Crippen molar-refractivity contribution in [2.45, 2.75) is 70.9 Å². The molecule has 122 valence electrons. The van der Waals surface area contributed by atoms with E-state index in [1.807, 2.05) is 11.9 Å². The lowest BCUT2D eigenvalue weighted by molar-refractivity contribution is 0.0708. The third-order valence-corrected chi connectivity index (χ3v) is 4.50. The number of carbonyl (C=O) groups excluding carboxylic acids is 1. The molecule has 22 heavy (non-hydrogen) atoms. The van der Waals surface area contributed by atoms with Crippen molar-refractivity contribution < 1.29 is 4.79 Å². The van der Waals surface area contributed by atoms with Gasteiger partial charge in [-0.3, -0.25) is 9.59 Å². The summed E-state index contributed by atoms with van der Waals surface area (Å²) in [6.07, 6.45) is 8.92. The van der Waals surface area contributed by atoms with Gasteiger partial charge in [0.2, 0.25) is 0 Å². The van der Waals surface area contributed by atoms with Crippen LogP contribution in [0.15, 0.2) is 16.9 Å². The number of nitrogens with zero attached hydrogens (tertiary/aromatic N) is 3. The largest absolute Gasteiger partial charge is 0.337 e. The molecule has 1 aromatic rings. The number of rotatable bonds is 5. The van der Waals surface area contributed by atoms with Crippen LogP contribution in [0.25, 0.3) is 0 Å². The van der Waals surface area contributed by atoms with Gasteiger partial charge in [0.1, 0.15) is 5.69 Å². The Morgan fingerprint density at radius 3 is 2.59 bits per heavy atom. The third kappa shape index (κ3) is 4.18. The highest BCUT2D eigenvalue weighted by Crippen LogP contribution is 2.21. The van der Waals surface area contributed by atoms with Gasteiger partial charge in [-0.1, -0.05) is 39.0 Å². The Balaban J connectivity index is 2.12. The molecule has 0 bridgehead atoms. The zero-order chi connectivity index (χ0) is 15.9. The summed E-state index contributed by atoms with van der Waals surface area (Å²) in [4.78, 5) is 26.3. The van der Waals surface area contributed by atoms with Crippen molar-refractivity contribution in [1.29, 1.82) is 0 Å². The maximum absolute atomic E-state index is 12.6. The van der Waals surface area contributed by atoms with E-state index in [0.29, 0.717) is 18.3 Å². The van der Waals surface area contributed by atoms with E-state index in [1.54, 1.807) is 6.07 Å². The second-order valence-electron chi connectivity index (χ2n) is 6.19. The monoisotopic (exact) mass is 305 g/mol. The van der Waals surface area contributed by atoms with E-state index in [9.17, 15) is 9.59 Å². The molecule has 0 aromatic carbocycles. The van der Waals surface area contributed by atoms with Gasteiger partial charge in [-0.05, 0) is 25.3 Å². The van der Waals surface area contributed by atoms with Crippen LogP contribution >= 0.6 is 0 Å². The van der Waals surface area contributed by atoms with Crippen LogP contribution in [-0.2, 0) is 6.54 Å². The van der Waals surface area contributed by atoms with Crippen LogP contribution in [0.1, 0.15) is 68.8 Å². The number of aromatic nitrogens is 2. The standard InChI is InChI=1S/C17H27N3O2/c1-3-4-13-20-16(21)12-11-15(18-20)17(22)19(2)14-9-7-5-6-8-10-14/h11-12,14H,3-10,13H2,1-2H3. The van der Waals surface area contributed by atoms with E-state index in [4.69, 9.17) is 0 Å². The summed E-state index contributed by atoms with van der Waals surface area (Å²) in [7, 11) is 1.86. The summed E-state index contributed by atoms with van der Waals surface area (Å²) >= 11 is 0. The highest BCUT2D eigenvalue weighted by Gasteiger charge is 2.23. The van der Waals surface area contributed by atoms with Crippen LogP contribution in [0.4, 0.5) is 0 Å². The van der Waals surface area contributed by atoms with E-state index in [-0.39, 0.29) is 11.5 Å². The minimum Gasteiger partial charge on any atom is -0.337 e. The van der Waals surface area contributed by atoms with Gasteiger partial charge in [-0.2, -0.15) is 5.10 Å². The van der Waals surface area contributed by atoms with E-state index in [1.165, 1.54) is 36.4 Å². The molecule has 1 amide bonds. The van der Waals surface area contributed by atoms with Crippen LogP contribution in [0.5, 0.6) is 0 Å². The summed E-state index contributed by atoms with van der Waals surface area (Å²) in [5.74, 6) is -0.0721. The van der Waals surface area contributed by atoms with Gasteiger partial charge < -0.3 is 4.90 Å². The van der Waals surface area contributed by atoms with Gasteiger partial charge >= 0.3 is 0 Å². The van der Waals surface area contributed by atoms with Crippen molar-refractivity contribution in [2.75, 3.05) is 7.05 Å². The lowest BCUT2D eigenvalue weighted by atomic mass is 10.1. The molecule has 1 aromatic heterocycles. The molecule has 1 aliphatic carbocycles. The lowest BCUT2D eigenvalue weighted by Gasteiger charge is -2.27. The fourth-order valence-corrected chi connectivity index (χ4v) is 3.02. The zero-order valence-electron chi connectivity index (χ0n) is 13.8. The molecular formula is C17H27N3O2. The first-order chi connectivity index (χ1) is 10.6. The van der Waals surface area contributed by atoms with Gasteiger partial charge in [0, 0.05) is 25.7 Å². The molecule has 0 atom stereocenters. The van der Waals surface area contributed by atoms with Crippen molar-refractivity contribution in [3.8, 4) is 0 Å². The Bertz CT molecular complexity index is 545. The fraction of sp³-hybridized carbons (Fsp3) is 0.706. The first-order valence-corrected chi connectivity index (χ1v) is 8.48. The Morgan fingerprint density at radius 1 is 1.27 bits per heavy atom. The number of aryl methyl sites for hydroxylation is 1. The van der Waals surface area contributed by atoms with Crippen LogP contribution in [0, 0.1) is 0 Å². The maximum atomic E-state index is 12.6. The van der Waals surface area contributed by atoms with E-state index in [2.05, 4.69) is 12.0 Å². The molecule has 1 heterocycles. The fourth-order valence-electron chi connectivity index (χ4n) is 3.02. The van der Waals surface area contributed by atoms with E-state index >= 15 is 0 Å². The van der Waals surface area contributed by atoms with Crippen LogP contribution in [0.3, 0.4) is 0 Å². The molecule has 1 saturated carbocycles. The molecule has 0 N–H and O–H groups in total.